The molecule has 3 amide bonds. The SMILES string of the molecule is C[C@@H]1Cc2oc(-c3ccnc(-c4ccc(N5CCN(C(=O)OC(C)(C)C)CC5)nc4)c3)cc2C(=O)N1C(=O)O. The number of carbonyl (C=O) groups is 3. The second kappa shape index (κ2) is 10.0. The van der Waals surface area contributed by atoms with Gasteiger partial charge >= 0.3 is 12.2 Å². The van der Waals surface area contributed by atoms with Crippen molar-refractivity contribution in [3.8, 4) is 22.6 Å². The molecule has 0 bridgehead atoms. The van der Waals surface area contributed by atoms with Gasteiger partial charge in [-0.1, -0.05) is 0 Å². The van der Waals surface area contributed by atoms with Crippen molar-refractivity contribution in [2.45, 2.75) is 45.8 Å². The number of furan rings is 1. The van der Waals surface area contributed by atoms with Crippen molar-refractivity contribution in [3.63, 3.8) is 0 Å². The van der Waals surface area contributed by atoms with Crippen LogP contribution in [0.4, 0.5) is 15.4 Å². The van der Waals surface area contributed by atoms with Crippen molar-refractivity contribution in [2.24, 2.45) is 0 Å². The van der Waals surface area contributed by atoms with E-state index in [9.17, 15) is 19.5 Å². The first-order chi connectivity index (χ1) is 18.5. The summed E-state index contributed by atoms with van der Waals surface area (Å²) in [5.74, 6) is 1.19. The van der Waals surface area contributed by atoms with Crippen molar-refractivity contribution in [1.29, 1.82) is 0 Å². The van der Waals surface area contributed by atoms with Crippen molar-refractivity contribution >= 4 is 23.9 Å². The van der Waals surface area contributed by atoms with E-state index >= 15 is 0 Å². The minimum absolute atomic E-state index is 0.265. The van der Waals surface area contributed by atoms with Crippen LogP contribution in [-0.4, -0.2) is 80.8 Å². The van der Waals surface area contributed by atoms with Crippen LogP contribution in [0.3, 0.4) is 0 Å². The molecule has 3 aromatic heterocycles. The van der Waals surface area contributed by atoms with E-state index in [2.05, 4.69) is 14.9 Å². The number of carboxylic acid groups (broad SMARTS) is 1. The van der Waals surface area contributed by atoms with E-state index in [1.807, 2.05) is 39.0 Å². The fourth-order valence-corrected chi connectivity index (χ4v) is 4.78. The number of fused-ring (bicyclic) bond motifs is 1. The molecule has 39 heavy (non-hydrogen) atoms. The second-order valence-electron chi connectivity index (χ2n) is 10.7. The molecule has 1 saturated heterocycles. The van der Waals surface area contributed by atoms with Crippen LogP contribution < -0.4 is 4.90 Å². The molecule has 204 valence electrons. The van der Waals surface area contributed by atoms with Crippen molar-refractivity contribution in [1.82, 2.24) is 19.8 Å². The molecule has 5 heterocycles. The van der Waals surface area contributed by atoms with Crippen LogP contribution >= 0.6 is 0 Å². The first-order valence-electron chi connectivity index (χ1n) is 12.8. The molecule has 1 atom stereocenters. The highest BCUT2D eigenvalue weighted by Gasteiger charge is 2.37. The third kappa shape index (κ3) is 5.43. The van der Waals surface area contributed by atoms with E-state index in [0.29, 0.717) is 49.8 Å². The van der Waals surface area contributed by atoms with Crippen LogP contribution in [0.1, 0.15) is 43.8 Å². The van der Waals surface area contributed by atoms with Gasteiger partial charge in [0, 0.05) is 62.2 Å². The van der Waals surface area contributed by atoms with Gasteiger partial charge in [-0.3, -0.25) is 9.78 Å². The van der Waals surface area contributed by atoms with E-state index in [1.165, 1.54) is 0 Å². The smallest absolute Gasteiger partial charge is 0.414 e. The van der Waals surface area contributed by atoms with E-state index in [4.69, 9.17) is 9.15 Å². The lowest BCUT2D eigenvalue weighted by atomic mass is 10.0. The van der Waals surface area contributed by atoms with Gasteiger partial charge < -0.3 is 24.1 Å². The number of carbonyl (C=O) groups excluding carboxylic acids is 2. The first kappa shape index (κ1) is 26.2. The van der Waals surface area contributed by atoms with E-state index in [0.717, 1.165) is 21.8 Å². The number of amides is 3. The first-order valence-corrected chi connectivity index (χ1v) is 12.8. The molecule has 5 rings (SSSR count). The Labute approximate surface area is 226 Å². The molecule has 0 spiro atoms. The Hall–Kier alpha value is -4.41. The van der Waals surface area contributed by atoms with Gasteiger partial charge in [0.2, 0.25) is 0 Å². The van der Waals surface area contributed by atoms with Crippen LogP contribution in [-0.2, 0) is 11.2 Å². The molecular weight excluding hydrogens is 502 g/mol. The van der Waals surface area contributed by atoms with Gasteiger partial charge in [0.15, 0.2) is 0 Å². The summed E-state index contributed by atoms with van der Waals surface area (Å²) in [7, 11) is 0. The third-order valence-electron chi connectivity index (χ3n) is 6.73. The normalized spacial score (nSPS) is 17.7. The maximum atomic E-state index is 12.7. The fraction of sp³-hybridized carbons (Fsp3) is 0.393. The van der Waals surface area contributed by atoms with Crippen LogP contribution in [0.2, 0.25) is 0 Å². The molecule has 2 aliphatic heterocycles. The van der Waals surface area contributed by atoms with Crippen LogP contribution in [0, 0.1) is 0 Å². The molecule has 2 aliphatic rings. The number of pyridine rings is 2. The molecule has 1 fully saturated rings. The molecule has 11 heteroatoms. The Kier molecular flexibility index (Phi) is 6.75. The second-order valence-corrected chi connectivity index (χ2v) is 10.7. The Bertz CT molecular complexity index is 1400. The van der Waals surface area contributed by atoms with Gasteiger partial charge in [-0.05, 0) is 58.0 Å². The van der Waals surface area contributed by atoms with Gasteiger partial charge in [-0.25, -0.2) is 19.5 Å². The van der Waals surface area contributed by atoms with Crippen LogP contribution in [0.15, 0.2) is 47.1 Å². The maximum absolute atomic E-state index is 12.7. The molecule has 0 radical (unpaired) electrons. The molecule has 1 N–H and O–H groups in total. The number of piperazine rings is 1. The molecule has 0 aliphatic carbocycles. The summed E-state index contributed by atoms with van der Waals surface area (Å²) in [5, 5.41) is 9.40. The highest BCUT2D eigenvalue weighted by molar-refractivity contribution is 6.05. The average Bonchev–Trinajstić information content (AvgIpc) is 3.32. The van der Waals surface area contributed by atoms with Gasteiger partial charge in [-0.15, -0.1) is 0 Å². The van der Waals surface area contributed by atoms with E-state index in [-0.39, 0.29) is 11.7 Å². The summed E-state index contributed by atoms with van der Waals surface area (Å²) in [6.45, 7) is 9.67. The lowest BCUT2D eigenvalue weighted by Gasteiger charge is -2.36. The number of rotatable bonds is 3. The van der Waals surface area contributed by atoms with Gasteiger partial charge in [0.1, 0.15) is 22.9 Å². The highest BCUT2D eigenvalue weighted by atomic mass is 16.6. The zero-order valence-corrected chi connectivity index (χ0v) is 22.4. The predicted molar refractivity (Wildman–Crippen MR) is 143 cm³/mol. The lowest BCUT2D eigenvalue weighted by Crippen LogP contribution is -2.50. The largest absolute Gasteiger partial charge is 0.465 e. The number of nitrogens with zero attached hydrogens (tertiary/aromatic N) is 5. The predicted octanol–water partition coefficient (Wildman–Crippen LogP) is 4.53. The van der Waals surface area contributed by atoms with E-state index in [1.54, 1.807) is 36.4 Å². The average molecular weight is 534 g/mol. The van der Waals surface area contributed by atoms with Gasteiger partial charge in [0.25, 0.3) is 5.91 Å². The van der Waals surface area contributed by atoms with Crippen LogP contribution in [0.5, 0.6) is 0 Å². The third-order valence-corrected chi connectivity index (χ3v) is 6.73. The van der Waals surface area contributed by atoms with Crippen LogP contribution in [0.25, 0.3) is 22.6 Å². The van der Waals surface area contributed by atoms with Crippen molar-refractivity contribution in [3.05, 3.63) is 54.0 Å². The zero-order chi connectivity index (χ0) is 27.9. The number of hydrogen-bond donors (Lipinski definition) is 1. The Morgan fingerprint density at radius 1 is 1.05 bits per heavy atom. The summed E-state index contributed by atoms with van der Waals surface area (Å²) in [6.07, 6.45) is 2.16. The Morgan fingerprint density at radius 3 is 2.44 bits per heavy atom. The summed E-state index contributed by atoms with van der Waals surface area (Å²) < 4.78 is 11.4. The standard InChI is InChI=1S/C28H31N5O6/c1-17-13-23-20(25(34)33(17)26(35)36)15-22(38-23)18-7-8-29-21(14-18)19-5-6-24(30-16-19)31-9-11-32(12-10-31)27(37)39-28(2,3)4/h5-8,14-17H,9-13H2,1-4H3,(H,35,36)/t17-/m1/s1. The summed E-state index contributed by atoms with van der Waals surface area (Å²) in [6, 6.07) is 8.60. The molecule has 11 nitrogen and oxygen atoms in total. The molecule has 0 unspecified atom stereocenters. The molecule has 0 aromatic carbocycles. The minimum Gasteiger partial charge on any atom is -0.465 e. The zero-order valence-electron chi connectivity index (χ0n) is 22.4. The molecule has 3 aromatic rings. The van der Waals surface area contributed by atoms with Gasteiger partial charge in [-0.2, -0.15) is 0 Å². The summed E-state index contributed by atoms with van der Waals surface area (Å²) in [4.78, 5) is 50.3. The van der Waals surface area contributed by atoms with E-state index < -0.39 is 23.6 Å². The Balaban J connectivity index is 1.28. The topological polar surface area (TPSA) is 129 Å². The molecular formula is C28H31N5O6. The quantitative estimate of drug-likeness (QED) is 0.516. The summed E-state index contributed by atoms with van der Waals surface area (Å²) >= 11 is 0. The number of hydrogen-bond acceptors (Lipinski definition) is 8. The number of anilines is 1. The van der Waals surface area contributed by atoms with Gasteiger partial charge in [0.05, 0.1) is 11.3 Å². The Morgan fingerprint density at radius 2 is 1.79 bits per heavy atom. The highest BCUT2D eigenvalue weighted by Crippen LogP contribution is 2.33. The molecule has 0 saturated carbocycles. The number of ether oxygens (including phenoxy) is 1. The monoisotopic (exact) mass is 533 g/mol. The minimum atomic E-state index is -1.27. The van der Waals surface area contributed by atoms with Crippen molar-refractivity contribution in [2.75, 3.05) is 31.1 Å². The number of imide groups is 1. The summed E-state index contributed by atoms with van der Waals surface area (Å²) in [5.41, 5.74) is 1.96. The fourth-order valence-electron chi connectivity index (χ4n) is 4.78. The number of aromatic nitrogens is 2. The lowest BCUT2D eigenvalue weighted by molar-refractivity contribution is 0.0240. The maximum Gasteiger partial charge on any atom is 0.414 e. The van der Waals surface area contributed by atoms with Crippen molar-refractivity contribution < 1.29 is 28.6 Å².